The topological polar surface area (TPSA) is 89.6 Å². The first-order valence-corrected chi connectivity index (χ1v) is 5.96. The third-order valence-electron chi connectivity index (χ3n) is 2.18. The Labute approximate surface area is 103 Å². The first-order valence-electron chi connectivity index (χ1n) is 4.84. The van der Waals surface area contributed by atoms with Crippen molar-refractivity contribution in [3.63, 3.8) is 0 Å². The van der Waals surface area contributed by atoms with Crippen LogP contribution in [0.5, 0.6) is 0 Å². The van der Waals surface area contributed by atoms with Crippen LogP contribution < -0.4 is 5.73 Å². The summed E-state index contributed by atoms with van der Waals surface area (Å²) in [5, 5.41) is 9.30. The number of carbonyl (C=O) groups is 2. The molecule has 16 heavy (non-hydrogen) atoms. The molecule has 5 nitrogen and oxygen atoms in total. The molecule has 0 aliphatic carbocycles. The molecule has 0 radical (unpaired) electrons. The number of carbonyl (C=O) groups excluding carboxylic acids is 1. The Morgan fingerprint density at radius 2 is 1.81 bits per heavy atom. The van der Waals surface area contributed by atoms with E-state index in [-0.39, 0.29) is 5.33 Å². The number of hydrogen-bond donors (Lipinski definition) is 2. The first-order chi connectivity index (χ1) is 7.05. The van der Waals surface area contributed by atoms with Crippen molar-refractivity contribution in [2.45, 2.75) is 39.3 Å². The van der Waals surface area contributed by atoms with E-state index in [2.05, 4.69) is 15.9 Å². The van der Waals surface area contributed by atoms with E-state index >= 15 is 0 Å². The molecule has 2 unspecified atom stereocenters. The monoisotopic (exact) mass is 295 g/mol. The number of carboxylic acids is 1. The fraction of sp³-hybridized carbons (Fsp3) is 0.800. The van der Waals surface area contributed by atoms with Crippen LogP contribution in [-0.2, 0) is 14.3 Å². The number of carboxylic acid groups (broad SMARTS) is 1. The van der Waals surface area contributed by atoms with E-state index in [4.69, 9.17) is 15.6 Å². The van der Waals surface area contributed by atoms with Crippen LogP contribution in [-0.4, -0.2) is 34.0 Å². The highest BCUT2D eigenvalue weighted by molar-refractivity contribution is 9.09. The summed E-state index contributed by atoms with van der Waals surface area (Å²) in [7, 11) is 0. The Morgan fingerprint density at radius 1 is 1.38 bits per heavy atom. The van der Waals surface area contributed by atoms with Crippen LogP contribution in [0.4, 0.5) is 0 Å². The summed E-state index contributed by atoms with van der Waals surface area (Å²) in [6, 6.07) is -0.847. The summed E-state index contributed by atoms with van der Waals surface area (Å²) in [6.07, 6.45) is 0. The van der Waals surface area contributed by atoms with Gasteiger partial charge in [-0.2, -0.15) is 0 Å². The third-order valence-corrected chi connectivity index (χ3v) is 2.87. The molecule has 0 aromatic heterocycles. The first kappa shape index (κ1) is 15.4. The maximum atomic E-state index is 11.8. The van der Waals surface area contributed by atoms with Gasteiger partial charge in [0.25, 0.3) is 0 Å². The van der Waals surface area contributed by atoms with E-state index in [0.717, 1.165) is 0 Å². The van der Waals surface area contributed by atoms with Crippen molar-refractivity contribution in [2.24, 2.45) is 11.1 Å². The molecule has 6 heteroatoms. The largest absolute Gasteiger partial charge is 0.480 e. The highest BCUT2D eigenvalue weighted by Crippen LogP contribution is 2.26. The molecule has 0 spiro atoms. The van der Waals surface area contributed by atoms with E-state index in [1.54, 1.807) is 20.8 Å². The van der Waals surface area contributed by atoms with Gasteiger partial charge in [0.1, 0.15) is 5.60 Å². The Hall–Kier alpha value is -0.620. The Bertz CT molecular complexity index is 287. The highest BCUT2D eigenvalue weighted by Gasteiger charge is 2.49. The van der Waals surface area contributed by atoms with Gasteiger partial charge in [-0.05, 0) is 27.7 Å². The minimum atomic E-state index is -1.74. The van der Waals surface area contributed by atoms with Crippen LogP contribution in [0.3, 0.4) is 0 Å². The maximum absolute atomic E-state index is 11.8. The molecule has 0 fully saturated rings. The van der Waals surface area contributed by atoms with Gasteiger partial charge >= 0.3 is 11.9 Å². The second-order valence-corrected chi connectivity index (χ2v) is 5.42. The molecular weight excluding hydrogens is 278 g/mol. The van der Waals surface area contributed by atoms with E-state index in [1.165, 1.54) is 6.92 Å². The maximum Gasteiger partial charge on any atom is 0.325 e. The minimum Gasteiger partial charge on any atom is -0.480 e. The number of halogens is 1. The molecule has 94 valence electrons. The Balaban J connectivity index is 5.08. The molecule has 0 aromatic rings. The van der Waals surface area contributed by atoms with Gasteiger partial charge in [0.05, 0.1) is 0 Å². The highest BCUT2D eigenvalue weighted by atomic mass is 79.9. The Morgan fingerprint density at radius 3 is 2.06 bits per heavy atom. The van der Waals surface area contributed by atoms with Crippen LogP contribution in [0.15, 0.2) is 0 Å². The molecular formula is C10H18BrNO4. The number of nitrogens with two attached hydrogens (primary N) is 1. The van der Waals surface area contributed by atoms with Gasteiger partial charge < -0.3 is 15.6 Å². The van der Waals surface area contributed by atoms with Gasteiger partial charge in [0.2, 0.25) is 0 Å². The quantitative estimate of drug-likeness (QED) is 0.461. The average molecular weight is 296 g/mol. The summed E-state index contributed by atoms with van der Waals surface area (Å²) < 4.78 is 5.07. The van der Waals surface area contributed by atoms with Gasteiger partial charge in [-0.3, -0.25) is 9.59 Å². The number of aliphatic carboxylic acids is 1. The summed E-state index contributed by atoms with van der Waals surface area (Å²) in [5.41, 5.74) is 3.17. The number of ether oxygens (including phenoxy) is 1. The zero-order valence-electron chi connectivity index (χ0n) is 9.91. The van der Waals surface area contributed by atoms with E-state index in [1.807, 2.05) is 0 Å². The zero-order valence-corrected chi connectivity index (χ0v) is 11.5. The molecule has 0 saturated heterocycles. The van der Waals surface area contributed by atoms with Crippen molar-refractivity contribution in [2.75, 3.05) is 5.33 Å². The Kier molecular flexibility index (Phi) is 4.94. The van der Waals surface area contributed by atoms with Gasteiger partial charge in [0, 0.05) is 11.4 Å². The van der Waals surface area contributed by atoms with Crippen molar-refractivity contribution in [1.29, 1.82) is 0 Å². The van der Waals surface area contributed by atoms with E-state index in [9.17, 15) is 9.59 Å². The van der Waals surface area contributed by atoms with Crippen molar-refractivity contribution in [3.05, 3.63) is 0 Å². The predicted octanol–water partition coefficient (Wildman–Crippen LogP) is 1.14. The summed E-state index contributed by atoms with van der Waals surface area (Å²) in [4.78, 5) is 23.0. The lowest BCUT2D eigenvalue weighted by atomic mass is 9.83. The van der Waals surface area contributed by atoms with E-state index in [0.29, 0.717) is 0 Å². The lowest BCUT2D eigenvalue weighted by Crippen LogP contribution is -2.54. The molecule has 0 aliphatic heterocycles. The van der Waals surface area contributed by atoms with Crippen LogP contribution in [0.25, 0.3) is 0 Å². The van der Waals surface area contributed by atoms with Gasteiger partial charge in [-0.25, -0.2) is 0 Å². The fourth-order valence-corrected chi connectivity index (χ4v) is 1.58. The standard InChI is InChI=1S/C10H18BrNO4/c1-9(2,3)16-8(15)10(4,7(13)14)6(12)5-11/h6H,5,12H2,1-4H3,(H,13,14). The zero-order chi connectivity index (χ0) is 13.1. The molecule has 3 N–H and O–H groups in total. The summed E-state index contributed by atoms with van der Waals surface area (Å²) in [6.45, 7) is 6.29. The number of rotatable bonds is 4. The van der Waals surface area contributed by atoms with Gasteiger partial charge in [0.15, 0.2) is 5.41 Å². The number of hydrogen-bond acceptors (Lipinski definition) is 4. The fourth-order valence-electron chi connectivity index (χ4n) is 0.936. The van der Waals surface area contributed by atoms with Crippen LogP contribution in [0.1, 0.15) is 27.7 Å². The molecule has 0 aliphatic rings. The second-order valence-electron chi connectivity index (χ2n) is 4.77. The van der Waals surface area contributed by atoms with Crippen LogP contribution in [0, 0.1) is 5.41 Å². The van der Waals surface area contributed by atoms with Crippen LogP contribution in [0.2, 0.25) is 0 Å². The van der Waals surface area contributed by atoms with Gasteiger partial charge in [-0.15, -0.1) is 0 Å². The van der Waals surface area contributed by atoms with Crippen molar-refractivity contribution < 1.29 is 19.4 Å². The van der Waals surface area contributed by atoms with Crippen LogP contribution >= 0.6 is 15.9 Å². The van der Waals surface area contributed by atoms with Crippen molar-refractivity contribution in [3.8, 4) is 0 Å². The molecule has 0 saturated carbocycles. The average Bonchev–Trinajstić information content (AvgIpc) is 2.11. The molecule has 0 aromatic carbocycles. The minimum absolute atomic E-state index is 0.203. The second kappa shape index (κ2) is 5.14. The SMILES string of the molecule is CC(C)(C)OC(=O)C(C)(C(=O)O)C(N)CBr. The number of esters is 1. The smallest absolute Gasteiger partial charge is 0.325 e. The lowest BCUT2D eigenvalue weighted by molar-refractivity contribution is -0.176. The molecule has 2 atom stereocenters. The molecule has 0 heterocycles. The van der Waals surface area contributed by atoms with Crippen molar-refractivity contribution in [1.82, 2.24) is 0 Å². The normalized spacial score (nSPS) is 17.4. The molecule has 0 bridgehead atoms. The predicted molar refractivity (Wildman–Crippen MR) is 63.4 cm³/mol. The third kappa shape index (κ3) is 3.45. The number of alkyl halides is 1. The lowest BCUT2D eigenvalue weighted by Gasteiger charge is -2.31. The summed E-state index contributed by atoms with van der Waals surface area (Å²) >= 11 is 3.07. The van der Waals surface area contributed by atoms with Gasteiger partial charge in [-0.1, -0.05) is 15.9 Å². The molecule has 0 rings (SSSR count). The summed E-state index contributed by atoms with van der Waals surface area (Å²) in [5.74, 6) is -2.10. The molecule has 0 amide bonds. The van der Waals surface area contributed by atoms with Crippen molar-refractivity contribution >= 4 is 27.9 Å². The van der Waals surface area contributed by atoms with E-state index < -0.39 is 29.0 Å².